The van der Waals surface area contributed by atoms with Crippen LogP contribution < -0.4 is 4.74 Å². The largest absolute Gasteiger partial charge is 0.497 e. The van der Waals surface area contributed by atoms with Gasteiger partial charge in [0.2, 0.25) is 0 Å². The van der Waals surface area contributed by atoms with Crippen LogP contribution in [-0.2, 0) is 4.79 Å². The lowest BCUT2D eigenvalue weighted by Gasteiger charge is -2.33. The van der Waals surface area contributed by atoms with Crippen LogP contribution in [0, 0.1) is 0 Å². The highest BCUT2D eigenvalue weighted by molar-refractivity contribution is 5.57. The van der Waals surface area contributed by atoms with E-state index in [2.05, 4.69) is 4.90 Å². The Hall–Kier alpha value is -1.39. The van der Waals surface area contributed by atoms with Crippen molar-refractivity contribution in [3.63, 3.8) is 0 Å². The maximum Gasteiger partial charge on any atom is 0.137 e. The molecule has 1 heterocycles. The average Bonchev–Trinajstić information content (AvgIpc) is 2.47. The highest BCUT2D eigenvalue weighted by atomic mass is 16.5. The predicted molar refractivity (Wildman–Crippen MR) is 73.2 cm³/mol. The Morgan fingerprint density at radius 2 is 2.37 bits per heavy atom. The fraction of sp³-hybridized carbons (Fsp3) is 0.533. The molecule has 1 fully saturated rings. The van der Waals surface area contributed by atoms with E-state index in [1.165, 1.54) is 0 Å². The molecule has 0 aromatic heterocycles. The molecule has 1 aliphatic rings. The van der Waals surface area contributed by atoms with Crippen LogP contribution in [0.5, 0.6) is 5.75 Å². The Bertz CT molecular complexity index is 422. The first-order valence-corrected chi connectivity index (χ1v) is 6.76. The minimum atomic E-state index is -0.587. The lowest BCUT2D eigenvalue weighted by Crippen LogP contribution is -2.42. The molecule has 0 spiro atoms. The summed E-state index contributed by atoms with van der Waals surface area (Å²) < 4.78 is 5.16. The maximum absolute atomic E-state index is 11.0. The molecule has 0 aliphatic carbocycles. The molecule has 0 radical (unpaired) electrons. The summed E-state index contributed by atoms with van der Waals surface area (Å²) >= 11 is 0. The fourth-order valence-electron chi connectivity index (χ4n) is 2.57. The quantitative estimate of drug-likeness (QED) is 0.823. The molecule has 0 amide bonds. The number of aldehydes is 1. The molecule has 2 unspecified atom stereocenters. The summed E-state index contributed by atoms with van der Waals surface area (Å²) in [5.41, 5.74) is 0.828. The van der Waals surface area contributed by atoms with E-state index in [9.17, 15) is 9.90 Å². The summed E-state index contributed by atoms with van der Waals surface area (Å²) in [4.78, 5) is 13.1. The van der Waals surface area contributed by atoms with E-state index in [1.807, 2.05) is 24.3 Å². The number of piperidine rings is 1. The van der Waals surface area contributed by atoms with Gasteiger partial charge >= 0.3 is 0 Å². The Kier molecular flexibility index (Phi) is 4.93. The van der Waals surface area contributed by atoms with Crippen molar-refractivity contribution < 1.29 is 14.6 Å². The van der Waals surface area contributed by atoms with Gasteiger partial charge in [0.1, 0.15) is 12.0 Å². The molecule has 2 rings (SSSR count). The van der Waals surface area contributed by atoms with Crippen molar-refractivity contribution in [1.29, 1.82) is 0 Å². The van der Waals surface area contributed by atoms with Gasteiger partial charge in [-0.05, 0) is 37.1 Å². The van der Waals surface area contributed by atoms with E-state index in [-0.39, 0.29) is 6.04 Å². The number of hydrogen-bond acceptors (Lipinski definition) is 4. The summed E-state index contributed by atoms with van der Waals surface area (Å²) in [6.07, 6.45) is 3.49. The summed E-state index contributed by atoms with van der Waals surface area (Å²) in [5.74, 6) is 0.738. The number of aliphatic hydroxyl groups excluding tert-OH is 1. The van der Waals surface area contributed by atoms with Gasteiger partial charge in [0.15, 0.2) is 0 Å². The zero-order valence-corrected chi connectivity index (χ0v) is 11.3. The van der Waals surface area contributed by atoms with E-state index in [1.54, 1.807) is 7.11 Å². The third kappa shape index (κ3) is 3.55. The molecule has 2 atom stereocenters. The third-order valence-electron chi connectivity index (χ3n) is 3.71. The summed E-state index contributed by atoms with van der Waals surface area (Å²) in [6.45, 7) is 1.38. The maximum atomic E-state index is 11.0. The number of nitrogens with zero attached hydrogens (tertiary/aromatic N) is 1. The van der Waals surface area contributed by atoms with Crippen LogP contribution in [0.25, 0.3) is 0 Å². The smallest absolute Gasteiger partial charge is 0.137 e. The number of aliphatic hydroxyl groups is 1. The Labute approximate surface area is 114 Å². The number of carbonyl (C=O) groups excluding carboxylic acids is 1. The summed E-state index contributed by atoms with van der Waals surface area (Å²) in [7, 11) is 1.61. The minimum Gasteiger partial charge on any atom is -0.497 e. The second-order valence-corrected chi connectivity index (χ2v) is 4.99. The van der Waals surface area contributed by atoms with Crippen LogP contribution in [0.1, 0.15) is 30.9 Å². The van der Waals surface area contributed by atoms with E-state index in [0.717, 1.165) is 43.4 Å². The number of benzene rings is 1. The molecule has 1 saturated heterocycles. The minimum absolute atomic E-state index is 0.0472. The standard InChI is InChI=1S/C15H21NO3/c1-19-14-7-4-5-12(9-14)15(18)10-16-8-3-2-6-13(16)11-17/h4-5,7,9,11,13,15,18H,2-3,6,8,10H2,1H3. The number of likely N-dealkylation sites (tertiary alicyclic amines) is 1. The number of carbonyl (C=O) groups is 1. The lowest BCUT2D eigenvalue weighted by atomic mass is 10.0. The van der Waals surface area contributed by atoms with Crippen molar-refractivity contribution in [2.45, 2.75) is 31.4 Å². The van der Waals surface area contributed by atoms with Gasteiger partial charge in [0, 0.05) is 6.54 Å². The number of hydrogen-bond donors (Lipinski definition) is 1. The average molecular weight is 263 g/mol. The number of rotatable bonds is 5. The van der Waals surface area contributed by atoms with Crippen LogP contribution in [-0.4, -0.2) is 42.5 Å². The molecule has 1 N–H and O–H groups in total. The lowest BCUT2D eigenvalue weighted by molar-refractivity contribution is -0.114. The van der Waals surface area contributed by atoms with Crippen molar-refractivity contribution in [3.8, 4) is 5.75 Å². The van der Waals surface area contributed by atoms with Gasteiger partial charge in [0.05, 0.1) is 19.3 Å². The molecule has 104 valence electrons. The molecule has 4 nitrogen and oxygen atoms in total. The molecule has 1 aliphatic heterocycles. The van der Waals surface area contributed by atoms with Crippen molar-refractivity contribution in [1.82, 2.24) is 4.90 Å². The van der Waals surface area contributed by atoms with Crippen molar-refractivity contribution >= 4 is 6.29 Å². The third-order valence-corrected chi connectivity index (χ3v) is 3.71. The monoisotopic (exact) mass is 263 g/mol. The first-order valence-electron chi connectivity index (χ1n) is 6.76. The van der Waals surface area contributed by atoms with Crippen LogP contribution in [0.3, 0.4) is 0 Å². The Morgan fingerprint density at radius 1 is 1.53 bits per heavy atom. The second-order valence-electron chi connectivity index (χ2n) is 4.99. The number of methoxy groups -OCH3 is 1. The molecule has 4 heteroatoms. The van der Waals surface area contributed by atoms with Crippen molar-refractivity contribution in [3.05, 3.63) is 29.8 Å². The van der Waals surface area contributed by atoms with Gasteiger partial charge in [-0.2, -0.15) is 0 Å². The normalized spacial score (nSPS) is 21.9. The summed E-state index contributed by atoms with van der Waals surface area (Å²) in [6, 6.07) is 7.39. The van der Waals surface area contributed by atoms with Crippen LogP contribution in [0.2, 0.25) is 0 Å². The van der Waals surface area contributed by atoms with Gasteiger partial charge in [-0.15, -0.1) is 0 Å². The Balaban J connectivity index is 2.02. The molecule has 0 saturated carbocycles. The van der Waals surface area contributed by atoms with Gasteiger partial charge < -0.3 is 14.6 Å². The van der Waals surface area contributed by atoms with Crippen molar-refractivity contribution in [2.75, 3.05) is 20.2 Å². The van der Waals surface area contributed by atoms with E-state index < -0.39 is 6.10 Å². The molecular formula is C15H21NO3. The number of ether oxygens (including phenoxy) is 1. The SMILES string of the molecule is COc1cccc(C(O)CN2CCCCC2C=O)c1. The van der Waals surface area contributed by atoms with Crippen LogP contribution in [0.4, 0.5) is 0 Å². The van der Waals surface area contributed by atoms with E-state index in [4.69, 9.17) is 4.74 Å². The molecule has 1 aromatic carbocycles. The van der Waals surface area contributed by atoms with Crippen LogP contribution in [0.15, 0.2) is 24.3 Å². The van der Waals surface area contributed by atoms with Gasteiger partial charge in [-0.3, -0.25) is 4.90 Å². The van der Waals surface area contributed by atoms with Crippen molar-refractivity contribution in [2.24, 2.45) is 0 Å². The zero-order chi connectivity index (χ0) is 13.7. The first kappa shape index (κ1) is 14.0. The number of β-amino-alcohol motifs (C(OH)–C–C–N with tert-alkyl or cyclic N) is 1. The molecule has 19 heavy (non-hydrogen) atoms. The summed E-state index contributed by atoms with van der Waals surface area (Å²) in [5, 5.41) is 10.3. The molecule has 1 aromatic rings. The van der Waals surface area contributed by atoms with Gasteiger partial charge in [0.25, 0.3) is 0 Å². The topological polar surface area (TPSA) is 49.8 Å². The first-order chi connectivity index (χ1) is 9.24. The fourth-order valence-corrected chi connectivity index (χ4v) is 2.57. The highest BCUT2D eigenvalue weighted by Crippen LogP contribution is 2.23. The second kappa shape index (κ2) is 6.68. The van der Waals surface area contributed by atoms with E-state index >= 15 is 0 Å². The highest BCUT2D eigenvalue weighted by Gasteiger charge is 2.24. The molecule has 0 bridgehead atoms. The van der Waals surface area contributed by atoms with Gasteiger partial charge in [-0.25, -0.2) is 0 Å². The molecular weight excluding hydrogens is 242 g/mol. The van der Waals surface area contributed by atoms with Gasteiger partial charge in [-0.1, -0.05) is 18.6 Å². The Morgan fingerprint density at radius 3 is 3.11 bits per heavy atom. The zero-order valence-electron chi connectivity index (χ0n) is 11.3. The predicted octanol–water partition coefficient (Wildman–Crippen LogP) is 1.78. The van der Waals surface area contributed by atoms with Crippen LogP contribution >= 0.6 is 0 Å². The van der Waals surface area contributed by atoms with E-state index in [0.29, 0.717) is 6.54 Å².